The second kappa shape index (κ2) is 10.6. The number of carbonyl (C=O) groups is 1. The Kier molecular flexibility index (Phi) is 8.43. The summed E-state index contributed by atoms with van der Waals surface area (Å²) in [5.41, 5.74) is 1.14. The lowest BCUT2D eigenvalue weighted by Crippen LogP contribution is -2.24. The minimum atomic E-state index is -3.18. The van der Waals surface area contributed by atoms with Crippen LogP contribution in [0.1, 0.15) is 39.6 Å². The molecule has 27 heavy (non-hydrogen) atoms. The van der Waals surface area contributed by atoms with Crippen molar-refractivity contribution in [1.29, 1.82) is 0 Å². The molecule has 2 aromatic rings. The van der Waals surface area contributed by atoms with Crippen molar-refractivity contribution >= 4 is 27.3 Å². The minimum Gasteiger partial charge on any atom is -0.374 e. The molecular weight excluding hydrogens is 384 g/mol. The van der Waals surface area contributed by atoms with Gasteiger partial charge in [0.05, 0.1) is 17.2 Å². The maximum Gasteiger partial charge on any atom is 0.261 e. The summed E-state index contributed by atoms with van der Waals surface area (Å²) >= 11 is 1.38. The molecule has 0 bridgehead atoms. The van der Waals surface area contributed by atoms with E-state index in [9.17, 15) is 13.2 Å². The molecule has 1 heterocycles. The highest BCUT2D eigenvalue weighted by atomic mass is 32.2. The zero-order valence-electron chi connectivity index (χ0n) is 15.6. The highest BCUT2D eigenvalue weighted by molar-refractivity contribution is 7.88. The van der Waals surface area contributed by atoms with Crippen LogP contribution >= 0.6 is 11.3 Å². The lowest BCUT2D eigenvalue weighted by atomic mass is 10.1. The van der Waals surface area contributed by atoms with Gasteiger partial charge in [0, 0.05) is 24.6 Å². The van der Waals surface area contributed by atoms with E-state index in [0.29, 0.717) is 31.0 Å². The van der Waals surface area contributed by atoms with Gasteiger partial charge in [-0.2, -0.15) is 0 Å². The third kappa shape index (κ3) is 8.21. The molecule has 1 unspecified atom stereocenters. The molecule has 8 heteroatoms. The first-order valence-electron chi connectivity index (χ1n) is 8.83. The molecule has 0 aliphatic carbocycles. The van der Waals surface area contributed by atoms with Crippen LogP contribution in [-0.2, 0) is 21.2 Å². The van der Waals surface area contributed by atoms with Crippen molar-refractivity contribution in [2.24, 2.45) is 0 Å². The Labute approximate surface area is 165 Å². The Morgan fingerprint density at radius 1 is 1.15 bits per heavy atom. The molecule has 0 radical (unpaired) electrons. The van der Waals surface area contributed by atoms with Crippen LogP contribution in [0.15, 0.2) is 42.5 Å². The van der Waals surface area contributed by atoms with Crippen molar-refractivity contribution in [3.05, 3.63) is 57.8 Å². The van der Waals surface area contributed by atoms with Crippen LogP contribution in [0, 0.1) is 0 Å². The molecule has 1 aromatic heterocycles. The molecule has 1 aromatic carbocycles. The fourth-order valence-electron chi connectivity index (χ4n) is 2.44. The van der Waals surface area contributed by atoms with E-state index in [4.69, 9.17) is 4.74 Å². The van der Waals surface area contributed by atoms with Crippen LogP contribution in [0.5, 0.6) is 0 Å². The number of rotatable bonds is 11. The summed E-state index contributed by atoms with van der Waals surface area (Å²) < 4.78 is 30.3. The van der Waals surface area contributed by atoms with Gasteiger partial charge in [0.2, 0.25) is 10.0 Å². The molecule has 0 spiro atoms. The fraction of sp³-hybridized carbons (Fsp3) is 0.421. The summed E-state index contributed by atoms with van der Waals surface area (Å²) in [5, 5.41) is 2.89. The monoisotopic (exact) mass is 410 g/mol. The second-order valence-electron chi connectivity index (χ2n) is 6.22. The Morgan fingerprint density at radius 3 is 2.59 bits per heavy atom. The van der Waals surface area contributed by atoms with Crippen LogP contribution in [0.4, 0.5) is 0 Å². The van der Waals surface area contributed by atoms with Gasteiger partial charge in [0.1, 0.15) is 0 Å². The van der Waals surface area contributed by atoms with E-state index < -0.39 is 10.0 Å². The lowest BCUT2D eigenvalue weighted by Gasteiger charge is -2.13. The summed E-state index contributed by atoms with van der Waals surface area (Å²) in [4.78, 5) is 13.8. The molecule has 2 rings (SSSR count). The van der Waals surface area contributed by atoms with Crippen LogP contribution < -0.4 is 10.0 Å². The van der Waals surface area contributed by atoms with Gasteiger partial charge in [-0.15, -0.1) is 11.3 Å². The standard InChI is InChI=1S/C19H26N2O4S2/c1-15(16-7-4-3-5-8-16)25-14-6-12-20-19(22)18-10-9-17(26-18)11-13-21-27(2,23)24/h3-5,7-10,15,21H,6,11-14H2,1-2H3,(H,20,22). The van der Waals surface area contributed by atoms with Crippen LogP contribution in [0.2, 0.25) is 0 Å². The van der Waals surface area contributed by atoms with Crippen LogP contribution in [0.3, 0.4) is 0 Å². The molecule has 0 aliphatic heterocycles. The first-order valence-corrected chi connectivity index (χ1v) is 11.5. The lowest BCUT2D eigenvalue weighted by molar-refractivity contribution is 0.0635. The van der Waals surface area contributed by atoms with Gasteiger partial charge in [-0.25, -0.2) is 13.1 Å². The number of thiophene rings is 1. The van der Waals surface area contributed by atoms with Crippen LogP contribution in [0.25, 0.3) is 0 Å². The van der Waals surface area contributed by atoms with E-state index in [1.165, 1.54) is 11.3 Å². The Balaban J connectivity index is 1.64. The van der Waals surface area contributed by atoms with Crippen LogP contribution in [-0.4, -0.2) is 40.3 Å². The predicted molar refractivity (Wildman–Crippen MR) is 109 cm³/mol. The normalized spacial score (nSPS) is 12.7. The Hall–Kier alpha value is -1.74. The summed E-state index contributed by atoms with van der Waals surface area (Å²) in [6, 6.07) is 13.6. The van der Waals surface area contributed by atoms with E-state index in [-0.39, 0.29) is 12.0 Å². The first-order chi connectivity index (χ1) is 12.8. The second-order valence-corrected chi connectivity index (χ2v) is 9.22. The summed E-state index contributed by atoms with van der Waals surface area (Å²) in [7, 11) is -3.18. The van der Waals surface area contributed by atoms with Crippen molar-refractivity contribution < 1.29 is 17.9 Å². The molecule has 0 fully saturated rings. The number of benzene rings is 1. The van der Waals surface area contributed by atoms with Crippen molar-refractivity contribution in [2.45, 2.75) is 25.9 Å². The number of nitrogens with one attached hydrogen (secondary N) is 2. The van der Waals surface area contributed by atoms with Gasteiger partial charge in [-0.05, 0) is 37.5 Å². The highest BCUT2D eigenvalue weighted by Crippen LogP contribution is 2.17. The van der Waals surface area contributed by atoms with E-state index in [1.807, 2.05) is 43.3 Å². The summed E-state index contributed by atoms with van der Waals surface area (Å²) in [6.45, 7) is 3.46. The molecular formula is C19H26N2O4S2. The van der Waals surface area contributed by atoms with E-state index in [2.05, 4.69) is 10.0 Å². The number of hydrogen-bond acceptors (Lipinski definition) is 5. The maximum atomic E-state index is 12.2. The SMILES string of the molecule is CC(OCCCNC(=O)c1ccc(CCNS(C)(=O)=O)s1)c1ccccc1. The van der Waals surface area contributed by atoms with E-state index in [0.717, 1.165) is 23.1 Å². The Morgan fingerprint density at radius 2 is 1.89 bits per heavy atom. The highest BCUT2D eigenvalue weighted by Gasteiger charge is 2.10. The maximum absolute atomic E-state index is 12.2. The van der Waals surface area contributed by atoms with Gasteiger partial charge in [-0.3, -0.25) is 4.79 Å². The predicted octanol–water partition coefficient (Wildman–Crippen LogP) is 2.74. The van der Waals surface area contributed by atoms with Gasteiger partial charge in [0.25, 0.3) is 5.91 Å². The van der Waals surface area contributed by atoms with E-state index in [1.54, 1.807) is 6.07 Å². The molecule has 1 atom stereocenters. The zero-order valence-corrected chi connectivity index (χ0v) is 17.2. The van der Waals surface area contributed by atoms with Crippen molar-refractivity contribution in [3.8, 4) is 0 Å². The zero-order chi connectivity index (χ0) is 19.7. The molecule has 1 amide bonds. The molecule has 0 saturated carbocycles. The van der Waals surface area contributed by atoms with Gasteiger partial charge < -0.3 is 10.1 Å². The molecule has 2 N–H and O–H groups in total. The largest absolute Gasteiger partial charge is 0.374 e. The summed E-state index contributed by atoms with van der Waals surface area (Å²) in [5.74, 6) is -0.113. The van der Waals surface area contributed by atoms with Gasteiger partial charge in [-0.1, -0.05) is 30.3 Å². The molecule has 0 aliphatic rings. The third-order valence-corrected chi connectivity index (χ3v) is 5.74. The molecule has 148 valence electrons. The fourth-order valence-corrected chi connectivity index (χ4v) is 3.83. The number of ether oxygens (including phenoxy) is 1. The number of sulfonamides is 1. The van der Waals surface area contributed by atoms with Crippen molar-refractivity contribution in [1.82, 2.24) is 10.0 Å². The smallest absolute Gasteiger partial charge is 0.261 e. The quantitative estimate of drug-likeness (QED) is 0.558. The molecule has 6 nitrogen and oxygen atoms in total. The average molecular weight is 411 g/mol. The number of hydrogen-bond donors (Lipinski definition) is 2. The van der Waals surface area contributed by atoms with Gasteiger partial charge in [0.15, 0.2) is 0 Å². The first kappa shape index (κ1) is 21.6. The topological polar surface area (TPSA) is 84.5 Å². The number of carbonyl (C=O) groups excluding carboxylic acids is 1. The molecule has 0 saturated heterocycles. The van der Waals surface area contributed by atoms with Crippen molar-refractivity contribution in [2.75, 3.05) is 26.0 Å². The van der Waals surface area contributed by atoms with E-state index >= 15 is 0 Å². The number of amides is 1. The minimum absolute atomic E-state index is 0.0299. The average Bonchev–Trinajstić information content (AvgIpc) is 3.10. The van der Waals surface area contributed by atoms with Gasteiger partial charge >= 0.3 is 0 Å². The van der Waals surface area contributed by atoms with Crippen molar-refractivity contribution in [3.63, 3.8) is 0 Å². The Bertz CT molecular complexity index is 819. The third-order valence-electron chi connectivity index (χ3n) is 3.86. The summed E-state index contributed by atoms with van der Waals surface area (Å²) in [6.07, 6.45) is 2.46.